The first-order valence-electron chi connectivity index (χ1n) is 10.0. The van der Waals surface area contributed by atoms with Crippen molar-refractivity contribution in [2.24, 2.45) is 0 Å². The number of carbonyl (C=O) groups is 3. The van der Waals surface area contributed by atoms with Crippen LogP contribution in [0.25, 0.3) is 0 Å². The highest BCUT2D eigenvalue weighted by Crippen LogP contribution is 2.38. The summed E-state index contributed by atoms with van der Waals surface area (Å²) in [6, 6.07) is 0. The maximum Gasteiger partial charge on any atom is 0.255 e. The largest absolute Gasteiger partial charge is 0.394 e. The smallest absolute Gasteiger partial charge is 0.255 e. The van der Waals surface area contributed by atoms with E-state index in [4.69, 9.17) is 10.2 Å². The molecule has 0 saturated heterocycles. The van der Waals surface area contributed by atoms with Crippen LogP contribution in [0.3, 0.4) is 0 Å². The zero-order chi connectivity index (χ0) is 26.3. The fraction of sp³-hybridized carbons (Fsp3) is 0.550. The number of rotatable bonds is 11. The van der Waals surface area contributed by atoms with Crippen LogP contribution in [0.5, 0.6) is 0 Å². The number of nitrogens with zero attached hydrogens (tertiary/aromatic N) is 3. The second-order valence-electron chi connectivity index (χ2n) is 7.80. The fourth-order valence-corrected chi connectivity index (χ4v) is 7.69. The van der Waals surface area contributed by atoms with Gasteiger partial charge in [0.25, 0.3) is 11.8 Å². The first-order chi connectivity index (χ1) is 15.8. The summed E-state index contributed by atoms with van der Waals surface area (Å²) in [4.78, 5) is 43.6. The molecule has 0 saturated carbocycles. The quantitative estimate of drug-likeness (QED) is 0.188. The Morgan fingerprint density at radius 2 is 1.41 bits per heavy atom. The van der Waals surface area contributed by atoms with Gasteiger partial charge in [-0.3, -0.25) is 14.4 Å². The van der Waals surface area contributed by atoms with Gasteiger partial charge in [-0.1, -0.05) is 0 Å². The third-order valence-electron chi connectivity index (χ3n) is 4.65. The molecule has 1 aromatic carbocycles. The number of hydrogen-bond acceptors (Lipinski definition) is 8. The molecular formula is C20H29I3N4O7. The van der Waals surface area contributed by atoms with Gasteiger partial charge in [0.1, 0.15) is 0 Å². The summed E-state index contributed by atoms with van der Waals surface area (Å²) in [6.07, 6.45) is -2.29. The highest BCUT2D eigenvalue weighted by atomic mass is 127. The van der Waals surface area contributed by atoms with E-state index < -0.39 is 37.2 Å². The summed E-state index contributed by atoms with van der Waals surface area (Å²) in [7, 11) is 6.51. The molecule has 34 heavy (non-hydrogen) atoms. The maximum atomic E-state index is 13.4. The number of halogens is 3. The Kier molecular flexibility index (Phi) is 13.4. The van der Waals surface area contributed by atoms with Crippen LogP contribution in [-0.4, -0.2) is 121 Å². The van der Waals surface area contributed by atoms with E-state index >= 15 is 0 Å². The van der Waals surface area contributed by atoms with Gasteiger partial charge in [0.15, 0.2) is 0 Å². The summed E-state index contributed by atoms with van der Waals surface area (Å²) in [5, 5.41) is 40.1. The SMILES string of the molecule is CN(C)CC(=O)N(C)c1c(I)c(C(=O)NCC(O)CO)c(I)c(C(=O)N(C)CC(O)CO)c1I. The van der Waals surface area contributed by atoms with E-state index in [2.05, 4.69) is 5.32 Å². The molecular weight excluding hydrogens is 789 g/mol. The second-order valence-corrected chi connectivity index (χ2v) is 11.0. The van der Waals surface area contributed by atoms with Crippen molar-refractivity contribution in [2.75, 3.05) is 65.9 Å². The van der Waals surface area contributed by atoms with E-state index in [9.17, 15) is 24.6 Å². The number of hydrogen-bond donors (Lipinski definition) is 5. The van der Waals surface area contributed by atoms with Crippen LogP contribution in [0, 0.1) is 10.7 Å². The predicted molar refractivity (Wildman–Crippen MR) is 152 cm³/mol. The van der Waals surface area contributed by atoms with E-state index in [1.807, 2.05) is 67.8 Å². The Hall–Kier alpha value is -0.380. The van der Waals surface area contributed by atoms with Crippen LogP contribution >= 0.6 is 67.8 Å². The number of anilines is 1. The molecule has 2 atom stereocenters. The predicted octanol–water partition coefficient (Wildman–Crippen LogP) is -0.467. The minimum absolute atomic E-state index is 0.102. The molecule has 2 unspecified atom stereocenters. The van der Waals surface area contributed by atoms with E-state index in [0.29, 0.717) is 16.4 Å². The molecule has 0 aromatic heterocycles. The average Bonchev–Trinajstić information content (AvgIpc) is 2.76. The van der Waals surface area contributed by atoms with Gasteiger partial charge in [-0.2, -0.15) is 0 Å². The number of nitrogens with one attached hydrogen (secondary N) is 1. The van der Waals surface area contributed by atoms with Gasteiger partial charge in [-0.05, 0) is 81.9 Å². The molecule has 192 valence electrons. The zero-order valence-corrected chi connectivity index (χ0v) is 25.7. The molecule has 0 aliphatic heterocycles. The maximum absolute atomic E-state index is 13.4. The van der Waals surface area contributed by atoms with Crippen molar-refractivity contribution in [3.8, 4) is 0 Å². The monoisotopic (exact) mass is 818 g/mol. The van der Waals surface area contributed by atoms with E-state index in [1.165, 1.54) is 16.8 Å². The van der Waals surface area contributed by atoms with Gasteiger partial charge in [0.2, 0.25) is 5.91 Å². The number of amides is 3. The van der Waals surface area contributed by atoms with Crippen molar-refractivity contribution in [1.82, 2.24) is 15.1 Å². The van der Waals surface area contributed by atoms with Crippen molar-refractivity contribution < 1.29 is 34.8 Å². The molecule has 0 bridgehead atoms. The van der Waals surface area contributed by atoms with Crippen LogP contribution in [-0.2, 0) is 4.79 Å². The fourth-order valence-electron chi connectivity index (χ4n) is 2.84. The third kappa shape index (κ3) is 8.07. The molecule has 0 spiro atoms. The second kappa shape index (κ2) is 14.4. The van der Waals surface area contributed by atoms with Crippen LogP contribution in [0.2, 0.25) is 0 Å². The normalized spacial score (nSPS) is 12.9. The molecule has 5 N–H and O–H groups in total. The molecule has 3 amide bonds. The minimum atomic E-state index is -1.15. The minimum Gasteiger partial charge on any atom is -0.394 e. The summed E-state index contributed by atoms with van der Waals surface area (Å²) in [6.45, 7) is -1.29. The van der Waals surface area contributed by atoms with Crippen molar-refractivity contribution in [3.05, 3.63) is 21.8 Å². The topological polar surface area (TPSA) is 154 Å². The van der Waals surface area contributed by atoms with Crippen molar-refractivity contribution >= 4 is 91.2 Å². The standard InChI is InChI=1S/C20H29I3N4O7/c1-25(2)7-12(32)27(4)18-16(22)13(19(33)24-5-10(30)8-28)15(21)14(17(18)23)20(34)26(3)6-11(31)9-29/h10-11,28-31H,5-9H2,1-4H3,(H,24,33). The summed E-state index contributed by atoms with van der Waals surface area (Å²) in [5.74, 6) is -1.34. The van der Waals surface area contributed by atoms with Gasteiger partial charge < -0.3 is 40.4 Å². The van der Waals surface area contributed by atoms with Gasteiger partial charge >= 0.3 is 0 Å². The zero-order valence-electron chi connectivity index (χ0n) is 19.2. The molecule has 11 nitrogen and oxygen atoms in total. The first-order valence-corrected chi connectivity index (χ1v) is 13.2. The number of carbonyl (C=O) groups excluding carboxylic acids is 3. The van der Waals surface area contributed by atoms with Crippen LogP contribution in [0.1, 0.15) is 20.7 Å². The average molecular weight is 818 g/mol. The number of aliphatic hydroxyl groups excluding tert-OH is 4. The van der Waals surface area contributed by atoms with E-state index in [-0.39, 0.29) is 36.7 Å². The van der Waals surface area contributed by atoms with E-state index in [1.54, 1.807) is 26.0 Å². The molecule has 1 aromatic rings. The lowest BCUT2D eigenvalue weighted by Gasteiger charge is -2.28. The Balaban J connectivity index is 3.71. The summed E-state index contributed by atoms with van der Waals surface area (Å²) >= 11 is 5.80. The Morgan fingerprint density at radius 1 is 0.882 bits per heavy atom. The summed E-state index contributed by atoms with van der Waals surface area (Å²) in [5.41, 5.74) is 0.688. The lowest BCUT2D eigenvalue weighted by molar-refractivity contribution is -0.118. The Morgan fingerprint density at radius 3 is 1.91 bits per heavy atom. The van der Waals surface area contributed by atoms with Crippen LogP contribution < -0.4 is 10.2 Å². The highest BCUT2D eigenvalue weighted by molar-refractivity contribution is 14.1. The lowest BCUT2D eigenvalue weighted by atomic mass is 10.1. The number of aliphatic hydroxyl groups is 4. The first kappa shape index (κ1) is 31.6. The van der Waals surface area contributed by atoms with Gasteiger partial charge in [0, 0.05) is 30.8 Å². The van der Waals surface area contributed by atoms with Crippen molar-refractivity contribution in [2.45, 2.75) is 12.2 Å². The molecule has 0 aliphatic carbocycles. The van der Waals surface area contributed by atoms with Gasteiger partial charge in [-0.25, -0.2) is 0 Å². The van der Waals surface area contributed by atoms with Crippen molar-refractivity contribution in [1.29, 1.82) is 0 Å². The Bertz CT molecular complexity index is 917. The van der Waals surface area contributed by atoms with Gasteiger partial charge in [-0.15, -0.1) is 0 Å². The lowest BCUT2D eigenvalue weighted by Crippen LogP contribution is -2.40. The molecule has 0 fully saturated rings. The molecule has 0 heterocycles. The highest BCUT2D eigenvalue weighted by Gasteiger charge is 2.32. The molecule has 0 radical (unpaired) electrons. The molecule has 14 heteroatoms. The Labute approximate surface area is 239 Å². The number of benzene rings is 1. The van der Waals surface area contributed by atoms with Crippen LogP contribution in [0.15, 0.2) is 0 Å². The summed E-state index contributed by atoms with van der Waals surface area (Å²) < 4.78 is 1.21. The van der Waals surface area contributed by atoms with Crippen LogP contribution in [0.4, 0.5) is 5.69 Å². The number of likely N-dealkylation sites (N-methyl/N-ethyl adjacent to an activating group) is 3. The van der Waals surface area contributed by atoms with E-state index in [0.717, 1.165) is 0 Å². The molecule has 1 rings (SSSR count). The third-order valence-corrected chi connectivity index (χ3v) is 7.83. The van der Waals surface area contributed by atoms with Gasteiger partial charge in [0.05, 0.1) is 55.9 Å². The molecule has 0 aliphatic rings. The van der Waals surface area contributed by atoms with Crippen molar-refractivity contribution in [3.63, 3.8) is 0 Å².